The van der Waals surface area contributed by atoms with Gasteiger partial charge in [0, 0.05) is 19.8 Å². The fourth-order valence-corrected chi connectivity index (χ4v) is 2.01. The fourth-order valence-electron chi connectivity index (χ4n) is 2.01. The summed E-state index contributed by atoms with van der Waals surface area (Å²) in [5.41, 5.74) is 2.28. The lowest BCUT2D eigenvalue weighted by Gasteiger charge is -2.13. The normalized spacial score (nSPS) is 12.8. The first kappa shape index (κ1) is 17.2. The summed E-state index contributed by atoms with van der Waals surface area (Å²) < 4.78 is 5.41. The van der Waals surface area contributed by atoms with Gasteiger partial charge in [-0.25, -0.2) is 0 Å². The molecule has 0 saturated heterocycles. The summed E-state index contributed by atoms with van der Waals surface area (Å²) >= 11 is 0. The zero-order valence-corrected chi connectivity index (χ0v) is 13.1. The van der Waals surface area contributed by atoms with Crippen molar-refractivity contribution < 1.29 is 9.84 Å². The molecule has 0 saturated carbocycles. The predicted molar refractivity (Wildman–Crippen MR) is 84.1 cm³/mol. The van der Waals surface area contributed by atoms with Crippen LogP contribution in [0.3, 0.4) is 0 Å². The summed E-state index contributed by atoms with van der Waals surface area (Å²) in [6.07, 6.45) is 1.62. The van der Waals surface area contributed by atoms with Crippen LogP contribution in [0.25, 0.3) is 0 Å². The minimum atomic E-state index is -0.437. The lowest BCUT2D eigenvalue weighted by molar-refractivity contribution is 0.129. The maximum atomic E-state index is 10.1. The molecule has 20 heavy (non-hydrogen) atoms. The van der Waals surface area contributed by atoms with E-state index in [0.29, 0.717) is 12.5 Å². The molecule has 1 aromatic rings. The van der Waals surface area contributed by atoms with Crippen molar-refractivity contribution in [3.8, 4) is 0 Å². The lowest BCUT2D eigenvalue weighted by atomic mass is 10.00. The van der Waals surface area contributed by atoms with Crippen LogP contribution in [-0.4, -0.2) is 31.4 Å². The number of ether oxygens (including phenoxy) is 1. The molecular weight excluding hydrogens is 250 g/mol. The number of hydrogen-bond acceptors (Lipinski definition) is 3. The van der Waals surface area contributed by atoms with Crippen LogP contribution < -0.4 is 5.32 Å². The highest BCUT2D eigenvalue weighted by molar-refractivity contribution is 5.26. The third-order valence-corrected chi connectivity index (χ3v) is 3.32. The van der Waals surface area contributed by atoms with Gasteiger partial charge in [0.2, 0.25) is 0 Å². The van der Waals surface area contributed by atoms with Crippen LogP contribution in [-0.2, 0) is 4.74 Å². The summed E-state index contributed by atoms with van der Waals surface area (Å²) in [6.45, 7) is 9.56. The number of nitrogens with one attached hydrogen (secondary N) is 1. The van der Waals surface area contributed by atoms with Gasteiger partial charge in [0.15, 0.2) is 0 Å². The van der Waals surface area contributed by atoms with E-state index < -0.39 is 6.10 Å². The molecule has 0 radical (unpaired) electrons. The Bertz CT molecular complexity index is 349. The average molecular weight is 279 g/mol. The topological polar surface area (TPSA) is 41.5 Å². The van der Waals surface area contributed by atoms with E-state index >= 15 is 0 Å². The van der Waals surface area contributed by atoms with Crippen molar-refractivity contribution in [3.63, 3.8) is 0 Å². The average Bonchev–Trinajstić information content (AvgIpc) is 2.46. The van der Waals surface area contributed by atoms with Crippen LogP contribution >= 0.6 is 0 Å². The molecule has 0 aliphatic carbocycles. The lowest BCUT2D eigenvalue weighted by Crippen LogP contribution is -2.23. The van der Waals surface area contributed by atoms with Crippen LogP contribution in [0.15, 0.2) is 24.3 Å². The molecule has 1 rings (SSSR count). The molecule has 0 heterocycles. The van der Waals surface area contributed by atoms with Crippen LogP contribution in [0.5, 0.6) is 0 Å². The zero-order valence-electron chi connectivity index (χ0n) is 13.1. The Labute approximate surface area is 123 Å². The van der Waals surface area contributed by atoms with E-state index in [2.05, 4.69) is 38.2 Å². The molecule has 3 heteroatoms. The first-order valence-corrected chi connectivity index (χ1v) is 7.71. The molecule has 0 aromatic heterocycles. The van der Waals surface area contributed by atoms with Gasteiger partial charge in [-0.05, 0) is 36.4 Å². The first-order chi connectivity index (χ1) is 9.65. The van der Waals surface area contributed by atoms with E-state index in [1.807, 2.05) is 12.1 Å². The first-order valence-electron chi connectivity index (χ1n) is 7.71. The van der Waals surface area contributed by atoms with Crippen molar-refractivity contribution >= 4 is 0 Å². The zero-order chi connectivity index (χ0) is 14.8. The molecule has 0 fully saturated rings. The number of aliphatic hydroxyl groups excluding tert-OH is 1. The second-order valence-corrected chi connectivity index (χ2v) is 5.51. The Kier molecular flexibility index (Phi) is 8.51. The monoisotopic (exact) mass is 279 g/mol. The highest BCUT2D eigenvalue weighted by Gasteiger charge is 2.07. The Hall–Kier alpha value is -0.900. The van der Waals surface area contributed by atoms with Crippen molar-refractivity contribution in [2.24, 2.45) is 0 Å². The van der Waals surface area contributed by atoms with Crippen molar-refractivity contribution in [3.05, 3.63) is 35.4 Å². The molecule has 0 aliphatic heterocycles. The molecule has 0 aliphatic rings. The van der Waals surface area contributed by atoms with Gasteiger partial charge in [-0.2, -0.15) is 0 Å². The molecule has 0 spiro atoms. The molecule has 2 N–H and O–H groups in total. The largest absolute Gasteiger partial charge is 0.387 e. The summed E-state index contributed by atoms with van der Waals surface area (Å²) in [5.74, 6) is 0.530. The molecule has 0 bridgehead atoms. The van der Waals surface area contributed by atoms with Gasteiger partial charge in [-0.1, -0.05) is 45.0 Å². The van der Waals surface area contributed by atoms with Crippen LogP contribution in [0.2, 0.25) is 0 Å². The molecule has 1 unspecified atom stereocenters. The van der Waals surface area contributed by atoms with Gasteiger partial charge in [-0.15, -0.1) is 0 Å². The second-order valence-electron chi connectivity index (χ2n) is 5.51. The Balaban J connectivity index is 2.20. The number of aliphatic hydroxyl groups is 1. The van der Waals surface area contributed by atoms with Crippen LogP contribution in [0, 0.1) is 0 Å². The molecule has 1 aromatic carbocycles. The van der Waals surface area contributed by atoms with E-state index in [1.165, 1.54) is 5.56 Å². The fraction of sp³-hybridized carbons (Fsp3) is 0.647. The van der Waals surface area contributed by atoms with E-state index in [-0.39, 0.29) is 0 Å². The molecule has 3 nitrogen and oxygen atoms in total. The number of rotatable bonds is 10. The van der Waals surface area contributed by atoms with E-state index in [1.54, 1.807) is 0 Å². The van der Waals surface area contributed by atoms with Crippen molar-refractivity contribution in [2.75, 3.05) is 26.3 Å². The maximum Gasteiger partial charge on any atom is 0.0914 e. The molecule has 114 valence electrons. The Morgan fingerprint density at radius 1 is 1.10 bits per heavy atom. The maximum absolute atomic E-state index is 10.1. The number of hydrogen-bond donors (Lipinski definition) is 2. The van der Waals surface area contributed by atoms with Crippen LogP contribution in [0.1, 0.15) is 56.8 Å². The van der Waals surface area contributed by atoms with E-state index in [9.17, 15) is 5.11 Å². The van der Waals surface area contributed by atoms with Crippen LogP contribution in [0.4, 0.5) is 0 Å². The minimum Gasteiger partial charge on any atom is -0.387 e. The molecule has 0 amide bonds. The summed E-state index contributed by atoms with van der Waals surface area (Å²) in [5, 5.41) is 13.4. The molecular formula is C17H29NO2. The van der Waals surface area contributed by atoms with Crippen molar-refractivity contribution in [1.29, 1.82) is 0 Å². The summed E-state index contributed by atoms with van der Waals surface area (Å²) in [4.78, 5) is 0. The van der Waals surface area contributed by atoms with Gasteiger partial charge in [0.05, 0.1) is 6.10 Å². The highest BCUT2D eigenvalue weighted by atomic mass is 16.5. The SMILES string of the molecule is CCCOCCCNCC(O)c1ccc(C(C)C)cc1. The quantitative estimate of drug-likeness (QED) is 0.646. The highest BCUT2D eigenvalue weighted by Crippen LogP contribution is 2.18. The number of benzene rings is 1. The third-order valence-electron chi connectivity index (χ3n) is 3.32. The summed E-state index contributed by atoms with van der Waals surface area (Å²) in [7, 11) is 0. The van der Waals surface area contributed by atoms with Gasteiger partial charge in [0.25, 0.3) is 0 Å². The van der Waals surface area contributed by atoms with E-state index in [0.717, 1.165) is 38.2 Å². The standard InChI is InChI=1S/C17H29NO2/c1-4-11-20-12-5-10-18-13-17(19)16-8-6-15(7-9-16)14(2)3/h6-9,14,17-19H,4-5,10-13H2,1-3H3. The van der Waals surface area contributed by atoms with Gasteiger partial charge >= 0.3 is 0 Å². The Morgan fingerprint density at radius 3 is 2.35 bits per heavy atom. The Morgan fingerprint density at radius 2 is 1.75 bits per heavy atom. The van der Waals surface area contributed by atoms with Crippen molar-refractivity contribution in [2.45, 2.75) is 45.6 Å². The predicted octanol–water partition coefficient (Wildman–Crippen LogP) is 3.25. The summed E-state index contributed by atoms with van der Waals surface area (Å²) in [6, 6.07) is 8.24. The minimum absolute atomic E-state index is 0.437. The third kappa shape index (κ3) is 6.51. The van der Waals surface area contributed by atoms with Crippen molar-refractivity contribution in [1.82, 2.24) is 5.32 Å². The molecule has 1 atom stereocenters. The van der Waals surface area contributed by atoms with Gasteiger partial charge in [0.1, 0.15) is 0 Å². The second kappa shape index (κ2) is 9.92. The van der Waals surface area contributed by atoms with Gasteiger partial charge in [-0.3, -0.25) is 0 Å². The van der Waals surface area contributed by atoms with Gasteiger partial charge < -0.3 is 15.2 Å². The smallest absolute Gasteiger partial charge is 0.0914 e. The van der Waals surface area contributed by atoms with E-state index in [4.69, 9.17) is 4.74 Å².